The van der Waals surface area contributed by atoms with Gasteiger partial charge in [-0.05, 0) is 19.1 Å². The molecule has 0 aliphatic heterocycles. The van der Waals surface area contributed by atoms with Gasteiger partial charge in [-0.25, -0.2) is 0 Å². The fourth-order valence-corrected chi connectivity index (χ4v) is 2.86. The Labute approximate surface area is 162 Å². The van der Waals surface area contributed by atoms with Crippen LogP contribution in [0, 0.1) is 5.41 Å². The summed E-state index contributed by atoms with van der Waals surface area (Å²) in [5.41, 5.74) is 0.680. The zero-order valence-corrected chi connectivity index (χ0v) is 15.9. The van der Waals surface area contributed by atoms with Crippen LogP contribution in [0.15, 0.2) is 47.9 Å². The molecule has 0 aromatic carbocycles. The molecular formula is C16H18ClF3N4O2S. The summed E-state index contributed by atoms with van der Waals surface area (Å²) in [5.74, 6) is -0.795. The van der Waals surface area contributed by atoms with Gasteiger partial charge < -0.3 is 10.2 Å². The minimum atomic E-state index is -4.56. The maximum absolute atomic E-state index is 12.3. The van der Waals surface area contributed by atoms with Crippen LogP contribution in [0.5, 0.6) is 0 Å². The Hall–Kier alpha value is -2.20. The summed E-state index contributed by atoms with van der Waals surface area (Å²) >= 11 is 5.76. The lowest BCUT2D eigenvalue weighted by Gasteiger charge is -2.23. The van der Waals surface area contributed by atoms with Gasteiger partial charge in [-0.1, -0.05) is 11.6 Å². The van der Waals surface area contributed by atoms with Crippen molar-refractivity contribution in [3.63, 3.8) is 0 Å². The molecule has 0 aliphatic carbocycles. The van der Waals surface area contributed by atoms with Crippen molar-refractivity contribution in [2.45, 2.75) is 19.5 Å². The van der Waals surface area contributed by atoms with E-state index in [1.165, 1.54) is 17.3 Å². The molecule has 1 amide bonds. The van der Waals surface area contributed by atoms with E-state index in [2.05, 4.69) is 10.3 Å². The van der Waals surface area contributed by atoms with Crippen LogP contribution in [-0.4, -0.2) is 43.6 Å². The van der Waals surface area contributed by atoms with Crippen molar-refractivity contribution < 1.29 is 22.2 Å². The monoisotopic (exact) mass is 422 g/mol. The number of anilines is 1. The maximum Gasteiger partial charge on any atom is 0.410 e. The topological polar surface area (TPSA) is 86.2 Å². The number of nitrogens with one attached hydrogen (secondary N) is 2. The molecule has 148 valence electrons. The predicted octanol–water partition coefficient (Wildman–Crippen LogP) is 3.61. The Kier molecular flexibility index (Phi) is 9.16. The summed E-state index contributed by atoms with van der Waals surface area (Å²) in [5, 5.41) is 10.6. The van der Waals surface area contributed by atoms with E-state index in [-0.39, 0.29) is 30.5 Å². The van der Waals surface area contributed by atoms with E-state index in [1.807, 2.05) is 0 Å². The Balaban J connectivity index is 2.79. The molecule has 0 saturated carbocycles. The molecule has 1 unspecified atom stereocenters. The third kappa shape index (κ3) is 8.83. The largest absolute Gasteiger partial charge is 0.410 e. The number of allylic oxidation sites excluding steroid dienone is 2. The number of hydrogen-bond acceptors (Lipinski definition) is 5. The molecule has 0 saturated heterocycles. The first-order valence-corrected chi connectivity index (χ1v) is 9.45. The number of carbonyl (C=O) groups is 1. The maximum atomic E-state index is 12.3. The van der Waals surface area contributed by atoms with Crippen molar-refractivity contribution >= 4 is 39.2 Å². The molecule has 0 spiro atoms. The van der Waals surface area contributed by atoms with Crippen molar-refractivity contribution in [2.75, 3.05) is 17.6 Å². The average Bonchev–Trinajstić information content (AvgIpc) is 2.61. The van der Waals surface area contributed by atoms with Crippen molar-refractivity contribution in [3.05, 3.63) is 47.9 Å². The van der Waals surface area contributed by atoms with Gasteiger partial charge in [-0.15, -0.1) is 0 Å². The first-order chi connectivity index (χ1) is 12.6. The molecular weight excluding hydrogens is 405 g/mol. The van der Waals surface area contributed by atoms with Crippen LogP contribution in [0.3, 0.4) is 0 Å². The van der Waals surface area contributed by atoms with Crippen molar-refractivity contribution in [1.29, 1.82) is 5.41 Å². The third-order valence-electron chi connectivity index (χ3n) is 3.10. The number of alkyl halides is 3. The number of halogens is 4. The molecule has 27 heavy (non-hydrogen) atoms. The lowest BCUT2D eigenvalue weighted by Crippen LogP contribution is -2.33. The highest BCUT2D eigenvalue weighted by molar-refractivity contribution is 7.87. The van der Waals surface area contributed by atoms with Crippen molar-refractivity contribution in [1.82, 2.24) is 9.88 Å². The number of hydrogen-bond donors (Lipinski definition) is 2. The van der Waals surface area contributed by atoms with Crippen LogP contribution in [-0.2, 0) is 15.6 Å². The standard InChI is InChI=1S/C16H18ClF3N4O2S/c1-2-24(14(25)5-8-27(26)9-6-16(18,19)20)13(15(17)21)11-23-12-4-3-7-22-10-12/h3-4,6-7,9-11,21,23H,2,5,8H2,1H3/b9-6+,13-11+,21-15?. The highest BCUT2D eigenvalue weighted by Gasteiger charge is 2.23. The van der Waals surface area contributed by atoms with Gasteiger partial charge in [0, 0.05) is 53.4 Å². The van der Waals surface area contributed by atoms with Crippen LogP contribution < -0.4 is 5.32 Å². The van der Waals surface area contributed by atoms with Crippen molar-refractivity contribution in [3.8, 4) is 0 Å². The van der Waals surface area contributed by atoms with Gasteiger partial charge in [-0.2, -0.15) is 13.2 Å². The molecule has 1 atom stereocenters. The summed E-state index contributed by atoms with van der Waals surface area (Å²) in [6, 6.07) is 3.40. The first kappa shape index (κ1) is 22.8. The fraction of sp³-hybridized carbons (Fsp3) is 0.312. The zero-order chi connectivity index (χ0) is 20.4. The summed E-state index contributed by atoms with van der Waals surface area (Å²) < 4.78 is 47.8. The molecule has 6 nitrogen and oxygen atoms in total. The van der Waals surface area contributed by atoms with Gasteiger partial charge in [0.15, 0.2) is 0 Å². The van der Waals surface area contributed by atoms with Gasteiger partial charge >= 0.3 is 6.18 Å². The van der Waals surface area contributed by atoms with Gasteiger partial charge in [0.25, 0.3) is 0 Å². The lowest BCUT2D eigenvalue weighted by molar-refractivity contribution is -0.128. The minimum absolute atomic E-state index is 0.0737. The number of amides is 1. The molecule has 2 N–H and O–H groups in total. The molecule has 11 heteroatoms. The number of pyridine rings is 1. The second-order valence-corrected chi connectivity index (χ2v) is 6.87. The van der Waals surface area contributed by atoms with E-state index < -0.39 is 28.1 Å². The number of aromatic nitrogens is 1. The van der Waals surface area contributed by atoms with Crippen LogP contribution in [0.25, 0.3) is 0 Å². The number of carbonyl (C=O) groups excluding carboxylic acids is 1. The van der Waals surface area contributed by atoms with Crippen LogP contribution >= 0.6 is 11.6 Å². The number of nitrogens with zero attached hydrogens (tertiary/aromatic N) is 2. The molecule has 0 radical (unpaired) electrons. The van der Waals surface area contributed by atoms with E-state index in [9.17, 15) is 22.2 Å². The van der Waals surface area contributed by atoms with E-state index in [1.54, 1.807) is 25.3 Å². The van der Waals surface area contributed by atoms with Gasteiger partial charge in [-0.3, -0.25) is 19.4 Å². The Morgan fingerprint density at radius 1 is 1.48 bits per heavy atom. The second-order valence-electron chi connectivity index (χ2n) is 5.05. The molecule has 0 bridgehead atoms. The summed E-state index contributed by atoms with van der Waals surface area (Å²) in [6.07, 6.45) is -0.486. The molecule has 1 aromatic rings. The van der Waals surface area contributed by atoms with Crippen LogP contribution in [0.1, 0.15) is 13.3 Å². The fourth-order valence-electron chi connectivity index (χ4n) is 1.88. The zero-order valence-electron chi connectivity index (χ0n) is 14.3. The van der Waals surface area contributed by atoms with Gasteiger partial charge in [0.05, 0.1) is 17.6 Å². The van der Waals surface area contributed by atoms with Gasteiger partial charge in [0.1, 0.15) is 5.17 Å². The molecule has 0 aliphatic rings. The van der Waals surface area contributed by atoms with Crippen LogP contribution in [0.2, 0.25) is 0 Å². The van der Waals surface area contributed by atoms with E-state index in [4.69, 9.17) is 17.0 Å². The molecule has 1 rings (SSSR count). The Morgan fingerprint density at radius 3 is 2.70 bits per heavy atom. The van der Waals surface area contributed by atoms with Crippen LogP contribution in [0.4, 0.5) is 18.9 Å². The molecule has 1 aromatic heterocycles. The second kappa shape index (κ2) is 10.8. The SMILES string of the molecule is CCN(C(=O)CCS(=O)/C=C/C(F)(F)F)/C(=C/Nc1cccnc1)C(=N)Cl. The third-order valence-corrected chi connectivity index (χ3v) is 4.34. The Bertz CT molecular complexity index is 739. The summed E-state index contributed by atoms with van der Waals surface area (Å²) in [4.78, 5) is 17.4. The molecule has 1 heterocycles. The lowest BCUT2D eigenvalue weighted by atomic mass is 10.3. The summed E-state index contributed by atoms with van der Waals surface area (Å²) in [7, 11) is -1.94. The van der Waals surface area contributed by atoms with E-state index >= 15 is 0 Å². The first-order valence-electron chi connectivity index (χ1n) is 7.68. The summed E-state index contributed by atoms with van der Waals surface area (Å²) in [6.45, 7) is 1.82. The normalized spacial score (nSPS) is 13.4. The quantitative estimate of drug-likeness (QED) is 0.595. The Morgan fingerprint density at radius 2 is 2.19 bits per heavy atom. The van der Waals surface area contributed by atoms with Gasteiger partial charge in [0.2, 0.25) is 5.91 Å². The minimum Gasteiger partial charge on any atom is -0.358 e. The molecule has 0 fully saturated rings. The van der Waals surface area contributed by atoms with Crippen molar-refractivity contribution in [2.24, 2.45) is 0 Å². The predicted molar refractivity (Wildman–Crippen MR) is 99.7 cm³/mol. The highest BCUT2D eigenvalue weighted by atomic mass is 35.5. The smallest absolute Gasteiger partial charge is 0.358 e. The van der Waals surface area contributed by atoms with E-state index in [0.717, 1.165) is 0 Å². The van der Waals surface area contributed by atoms with E-state index in [0.29, 0.717) is 11.1 Å². The average molecular weight is 423 g/mol. The highest BCUT2D eigenvalue weighted by Crippen LogP contribution is 2.17. The number of rotatable bonds is 9.